The van der Waals surface area contributed by atoms with Crippen molar-refractivity contribution in [2.75, 3.05) is 19.0 Å². The normalized spacial score (nSPS) is 12.2. The zero-order valence-electron chi connectivity index (χ0n) is 11.8. The van der Waals surface area contributed by atoms with Crippen LogP contribution in [0.15, 0.2) is 18.2 Å². The number of nitrogens with zero attached hydrogens (tertiary/aromatic N) is 1. The zero-order valence-corrected chi connectivity index (χ0v) is 11.8. The summed E-state index contributed by atoms with van der Waals surface area (Å²) in [5.74, 6) is -0.428. The molecular formula is C13H19N3O4. The standard InChI is InChI=1S/C13H19N3O4/c1-8(2)11(7-20-3)15-10-6-9(13(14)17)4-5-12(10)16(18)19/h4-6,8,11,15H,7H2,1-3H3,(H2,14,17). The van der Waals surface area contributed by atoms with Crippen molar-refractivity contribution in [1.29, 1.82) is 0 Å². The topological polar surface area (TPSA) is 107 Å². The number of carbonyl (C=O) groups is 1. The number of primary amides is 1. The molecular weight excluding hydrogens is 262 g/mol. The molecule has 20 heavy (non-hydrogen) atoms. The van der Waals surface area contributed by atoms with Crippen molar-refractivity contribution < 1.29 is 14.5 Å². The first-order chi connectivity index (χ1) is 9.36. The van der Waals surface area contributed by atoms with Crippen LogP contribution in [-0.2, 0) is 4.74 Å². The third kappa shape index (κ3) is 3.92. The van der Waals surface area contributed by atoms with Crippen LogP contribution in [0, 0.1) is 16.0 Å². The van der Waals surface area contributed by atoms with Gasteiger partial charge in [0.2, 0.25) is 5.91 Å². The Hall–Kier alpha value is -2.15. The van der Waals surface area contributed by atoms with Crippen LogP contribution in [0.3, 0.4) is 0 Å². The van der Waals surface area contributed by atoms with E-state index in [4.69, 9.17) is 10.5 Å². The number of nitrogens with one attached hydrogen (secondary N) is 1. The molecule has 110 valence electrons. The molecule has 0 aliphatic rings. The molecule has 0 bridgehead atoms. The number of nitro groups is 1. The highest BCUT2D eigenvalue weighted by molar-refractivity contribution is 5.94. The predicted octanol–water partition coefficient (Wildman–Crippen LogP) is 1.78. The summed E-state index contributed by atoms with van der Waals surface area (Å²) < 4.78 is 5.09. The minimum absolute atomic E-state index is 0.100. The molecule has 0 aromatic heterocycles. The number of hydrogen-bond donors (Lipinski definition) is 2. The van der Waals surface area contributed by atoms with E-state index in [1.807, 2.05) is 13.8 Å². The van der Waals surface area contributed by atoms with E-state index in [2.05, 4.69) is 5.32 Å². The van der Waals surface area contributed by atoms with Gasteiger partial charge in [0.1, 0.15) is 5.69 Å². The highest BCUT2D eigenvalue weighted by Gasteiger charge is 2.20. The van der Waals surface area contributed by atoms with Crippen molar-refractivity contribution in [2.45, 2.75) is 19.9 Å². The zero-order chi connectivity index (χ0) is 15.3. The van der Waals surface area contributed by atoms with Gasteiger partial charge < -0.3 is 15.8 Å². The van der Waals surface area contributed by atoms with Crippen LogP contribution in [0.25, 0.3) is 0 Å². The summed E-state index contributed by atoms with van der Waals surface area (Å²) in [6.45, 7) is 4.34. The Kier molecular flexibility index (Phi) is 5.45. The SMILES string of the molecule is COCC(Nc1cc(C(N)=O)ccc1[N+](=O)[O-])C(C)C. The molecule has 7 heteroatoms. The van der Waals surface area contributed by atoms with E-state index < -0.39 is 10.8 Å². The molecule has 7 nitrogen and oxygen atoms in total. The van der Waals surface area contributed by atoms with Gasteiger partial charge in [0, 0.05) is 18.7 Å². The van der Waals surface area contributed by atoms with E-state index in [0.29, 0.717) is 6.61 Å². The largest absolute Gasteiger partial charge is 0.383 e. The van der Waals surface area contributed by atoms with Gasteiger partial charge in [-0.2, -0.15) is 0 Å². The van der Waals surface area contributed by atoms with E-state index in [0.717, 1.165) is 0 Å². The van der Waals surface area contributed by atoms with Crippen LogP contribution in [0.4, 0.5) is 11.4 Å². The lowest BCUT2D eigenvalue weighted by atomic mass is 10.0. The van der Waals surface area contributed by atoms with E-state index in [-0.39, 0.29) is 28.9 Å². The summed E-state index contributed by atoms with van der Waals surface area (Å²) in [5, 5.41) is 14.1. The molecule has 1 rings (SSSR count). The number of ether oxygens (including phenoxy) is 1. The van der Waals surface area contributed by atoms with Crippen molar-refractivity contribution in [2.24, 2.45) is 11.7 Å². The first-order valence-corrected chi connectivity index (χ1v) is 6.20. The van der Waals surface area contributed by atoms with Gasteiger partial charge in [-0.15, -0.1) is 0 Å². The molecule has 3 N–H and O–H groups in total. The highest BCUT2D eigenvalue weighted by atomic mass is 16.6. The Labute approximate surface area is 117 Å². The molecule has 1 atom stereocenters. The number of amides is 1. The van der Waals surface area contributed by atoms with Gasteiger partial charge in [-0.3, -0.25) is 14.9 Å². The Morgan fingerprint density at radius 2 is 2.15 bits per heavy atom. The van der Waals surface area contributed by atoms with Crippen LogP contribution in [0.1, 0.15) is 24.2 Å². The molecule has 1 amide bonds. The van der Waals surface area contributed by atoms with Gasteiger partial charge in [0.05, 0.1) is 17.6 Å². The summed E-state index contributed by atoms with van der Waals surface area (Å²) in [7, 11) is 1.56. The van der Waals surface area contributed by atoms with Gasteiger partial charge >= 0.3 is 0 Å². The molecule has 1 aromatic rings. The number of rotatable bonds is 7. The molecule has 1 unspecified atom stereocenters. The van der Waals surface area contributed by atoms with Gasteiger partial charge in [-0.1, -0.05) is 13.8 Å². The van der Waals surface area contributed by atoms with Crippen molar-refractivity contribution in [1.82, 2.24) is 0 Å². The summed E-state index contributed by atoms with van der Waals surface area (Å²) in [6.07, 6.45) is 0. The maximum absolute atomic E-state index is 11.2. The number of anilines is 1. The summed E-state index contributed by atoms with van der Waals surface area (Å²) >= 11 is 0. The maximum Gasteiger partial charge on any atom is 0.292 e. The fourth-order valence-electron chi connectivity index (χ4n) is 1.74. The van der Waals surface area contributed by atoms with E-state index in [1.165, 1.54) is 18.2 Å². The molecule has 0 aliphatic carbocycles. The van der Waals surface area contributed by atoms with Gasteiger partial charge in [-0.05, 0) is 18.1 Å². The number of carbonyl (C=O) groups excluding carboxylic acids is 1. The fraction of sp³-hybridized carbons (Fsp3) is 0.462. The summed E-state index contributed by atoms with van der Waals surface area (Å²) in [6, 6.07) is 3.90. The first kappa shape index (κ1) is 15.9. The summed E-state index contributed by atoms with van der Waals surface area (Å²) in [5.41, 5.74) is 5.58. The minimum Gasteiger partial charge on any atom is -0.383 e. The van der Waals surface area contributed by atoms with E-state index in [9.17, 15) is 14.9 Å². The molecule has 1 aromatic carbocycles. The third-order valence-corrected chi connectivity index (χ3v) is 2.97. The minimum atomic E-state index is -0.629. The molecule has 0 heterocycles. The van der Waals surface area contributed by atoms with Gasteiger partial charge in [0.25, 0.3) is 5.69 Å². The number of nitrogens with two attached hydrogens (primary N) is 1. The molecule has 0 saturated carbocycles. The molecule has 0 radical (unpaired) electrons. The average molecular weight is 281 g/mol. The van der Waals surface area contributed by atoms with Crippen LogP contribution < -0.4 is 11.1 Å². The van der Waals surface area contributed by atoms with Crippen LogP contribution in [-0.4, -0.2) is 30.6 Å². The summed E-state index contributed by atoms with van der Waals surface area (Å²) in [4.78, 5) is 21.7. The Balaban J connectivity index is 3.14. The Bertz CT molecular complexity index is 502. The van der Waals surface area contributed by atoms with E-state index in [1.54, 1.807) is 7.11 Å². The lowest BCUT2D eigenvalue weighted by Gasteiger charge is -2.22. The van der Waals surface area contributed by atoms with Gasteiger partial charge in [-0.25, -0.2) is 0 Å². The van der Waals surface area contributed by atoms with Crippen molar-refractivity contribution in [3.8, 4) is 0 Å². The number of hydrogen-bond acceptors (Lipinski definition) is 5. The monoisotopic (exact) mass is 281 g/mol. The van der Waals surface area contributed by atoms with E-state index >= 15 is 0 Å². The molecule has 0 saturated heterocycles. The van der Waals surface area contributed by atoms with Crippen LogP contribution in [0.2, 0.25) is 0 Å². The lowest BCUT2D eigenvalue weighted by Crippen LogP contribution is -2.30. The van der Waals surface area contributed by atoms with Crippen molar-refractivity contribution in [3.05, 3.63) is 33.9 Å². The Morgan fingerprint density at radius 1 is 1.50 bits per heavy atom. The predicted molar refractivity (Wildman–Crippen MR) is 75.7 cm³/mol. The quantitative estimate of drug-likeness (QED) is 0.585. The third-order valence-electron chi connectivity index (χ3n) is 2.97. The highest BCUT2D eigenvalue weighted by Crippen LogP contribution is 2.27. The second-order valence-corrected chi connectivity index (χ2v) is 4.80. The second kappa shape index (κ2) is 6.85. The first-order valence-electron chi connectivity index (χ1n) is 6.20. The second-order valence-electron chi connectivity index (χ2n) is 4.80. The number of methoxy groups -OCH3 is 1. The van der Waals surface area contributed by atoms with Crippen LogP contribution in [0.5, 0.6) is 0 Å². The van der Waals surface area contributed by atoms with Crippen LogP contribution >= 0.6 is 0 Å². The average Bonchev–Trinajstić information content (AvgIpc) is 2.37. The number of nitro benzene ring substituents is 1. The number of benzene rings is 1. The molecule has 0 spiro atoms. The molecule has 0 fully saturated rings. The van der Waals surface area contributed by atoms with Gasteiger partial charge in [0.15, 0.2) is 0 Å². The maximum atomic E-state index is 11.2. The molecule has 0 aliphatic heterocycles. The lowest BCUT2D eigenvalue weighted by molar-refractivity contribution is -0.384. The fourth-order valence-corrected chi connectivity index (χ4v) is 1.74. The smallest absolute Gasteiger partial charge is 0.292 e. The van der Waals surface area contributed by atoms with Crippen molar-refractivity contribution >= 4 is 17.3 Å². The Morgan fingerprint density at radius 3 is 2.60 bits per heavy atom. The van der Waals surface area contributed by atoms with Crippen molar-refractivity contribution in [3.63, 3.8) is 0 Å².